The molecule has 0 spiro atoms. The smallest absolute Gasteiger partial charge is 0.191 e. The van der Waals surface area contributed by atoms with E-state index in [1.807, 2.05) is 6.92 Å². The summed E-state index contributed by atoms with van der Waals surface area (Å²) in [7, 11) is 1.80. The van der Waals surface area contributed by atoms with Gasteiger partial charge in [-0.2, -0.15) is 0 Å². The van der Waals surface area contributed by atoms with Crippen molar-refractivity contribution in [3.63, 3.8) is 0 Å². The average Bonchev–Trinajstić information content (AvgIpc) is 3.37. The summed E-state index contributed by atoms with van der Waals surface area (Å²) in [6, 6.07) is 6.28. The van der Waals surface area contributed by atoms with E-state index in [1.54, 1.807) is 7.05 Å². The van der Waals surface area contributed by atoms with Crippen LogP contribution in [-0.4, -0.2) is 39.4 Å². The van der Waals surface area contributed by atoms with Gasteiger partial charge in [-0.25, -0.2) is 0 Å². The molecule has 2 rings (SSSR count). The Morgan fingerprint density at radius 2 is 2.09 bits per heavy atom. The molecule has 1 aromatic rings. The molecule has 0 aliphatic heterocycles. The molecule has 0 unspecified atom stereocenters. The van der Waals surface area contributed by atoms with Crippen LogP contribution in [0.5, 0.6) is 5.75 Å². The highest BCUT2D eigenvalue weighted by Crippen LogP contribution is 2.27. The lowest BCUT2D eigenvalue weighted by Crippen LogP contribution is -2.37. The molecule has 0 saturated heterocycles. The highest BCUT2D eigenvalue weighted by Gasteiger charge is 2.21. The number of ether oxygens (including phenoxy) is 2. The Morgan fingerprint density at radius 1 is 1.26 bits per heavy atom. The van der Waals surface area contributed by atoms with Crippen LogP contribution in [0.1, 0.15) is 30.9 Å². The number of benzene rings is 1. The van der Waals surface area contributed by atoms with E-state index in [9.17, 15) is 0 Å². The van der Waals surface area contributed by atoms with Crippen molar-refractivity contribution < 1.29 is 9.47 Å². The zero-order valence-electron chi connectivity index (χ0n) is 14.5. The first-order valence-corrected chi connectivity index (χ1v) is 8.47. The normalized spacial score (nSPS) is 14.7. The summed E-state index contributed by atoms with van der Waals surface area (Å²) < 4.78 is 11.2. The molecule has 1 aliphatic carbocycles. The summed E-state index contributed by atoms with van der Waals surface area (Å²) >= 11 is 0. The van der Waals surface area contributed by atoms with E-state index in [2.05, 4.69) is 40.7 Å². The van der Waals surface area contributed by atoms with Crippen LogP contribution in [0.4, 0.5) is 0 Å². The van der Waals surface area contributed by atoms with Crippen molar-refractivity contribution in [1.82, 2.24) is 10.6 Å². The van der Waals surface area contributed by atoms with Crippen molar-refractivity contribution in [3.8, 4) is 5.75 Å². The molecule has 5 nitrogen and oxygen atoms in total. The van der Waals surface area contributed by atoms with E-state index in [0.717, 1.165) is 29.7 Å². The molecule has 23 heavy (non-hydrogen) atoms. The van der Waals surface area contributed by atoms with Crippen LogP contribution >= 0.6 is 0 Å². The van der Waals surface area contributed by atoms with E-state index < -0.39 is 0 Å². The number of hydrogen-bond acceptors (Lipinski definition) is 3. The summed E-state index contributed by atoms with van der Waals surface area (Å²) in [6.45, 7) is 7.65. The lowest BCUT2D eigenvalue weighted by Gasteiger charge is -2.15. The molecule has 0 amide bonds. The molecule has 1 aliphatic rings. The minimum Gasteiger partial charge on any atom is -0.491 e. The van der Waals surface area contributed by atoms with Crippen LogP contribution in [0.15, 0.2) is 23.2 Å². The Bertz CT molecular complexity index is 513. The largest absolute Gasteiger partial charge is 0.491 e. The Hall–Kier alpha value is -1.75. The van der Waals surface area contributed by atoms with Gasteiger partial charge in [0.05, 0.1) is 6.61 Å². The maximum Gasteiger partial charge on any atom is 0.191 e. The number of hydrogen-bond donors (Lipinski definition) is 2. The van der Waals surface area contributed by atoms with Crippen LogP contribution in [-0.2, 0) is 11.3 Å². The summed E-state index contributed by atoms with van der Waals surface area (Å²) in [6.07, 6.45) is 2.67. The summed E-state index contributed by atoms with van der Waals surface area (Å²) in [5.41, 5.74) is 2.32. The van der Waals surface area contributed by atoms with Gasteiger partial charge in [-0.3, -0.25) is 4.99 Å². The highest BCUT2D eigenvalue weighted by atomic mass is 16.5. The topological polar surface area (TPSA) is 54.9 Å². The Morgan fingerprint density at radius 3 is 2.78 bits per heavy atom. The maximum atomic E-state index is 5.87. The van der Waals surface area contributed by atoms with Crippen molar-refractivity contribution in [2.24, 2.45) is 10.9 Å². The molecule has 0 aromatic heterocycles. The van der Waals surface area contributed by atoms with Gasteiger partial charge in [0.1, 0.15) is 12.4 Å². The molecular formula is C18H29N3O2. The maximum absolute atomic E-state index is 5.87. The number of rotatable bonds is 9. The van der Waals surface area contributed by atoms with E-state index in [1.165, 1.54) is 18.4 Å². The van der Waals surface area contributed by atoms with Gasteiger partial charge >= 0.3 is 0 Å². The second kappa shape index (κ2) is 9.40. The third-order valence-electron chi connectivity index (χ3n) is 3.84. The highest BCUT2D eigenvalue weighted by molar-refractivity contribution is 5.79. The summed E-state index contributed by atoms with van der Waals surface area (Å²) in [4.78, 5) is 4.27. The number of aliphatic imine (C=N–C) groups is 1. The van der Waals surface area contributed by atoms with Crippen molar-refractivity contribution >= 4 is 5.96 Å². The van der Waals surface area contributed by atoms with Gasteiger partial charge < -0.3 is 20.1 Å². The van der Waals surface area contributed by atoms with Crippen LogP contribution in [0, 0.1) is 12.8 Å². The predicted octanol–water partition coefficient (Wildman–Crippen LogP) is 2.49. The molecule has 0 atom stereocenters. The molecule has 0 bridgehead atoms. The molecular weight excluding hydrogens is 290 g/mol. The fourth-order valence-electron chi connectivity index (χ4n) is 2.26. The Kier molecular flexibility index (Phi) is 7.20. The first-order chi connectivity index (χ1) is 11.2. The first-order valence-electron chi connectivity index (χ1n) is 8.47. The fraction of sp³-hybridized carbons (Fsp3) is 0.611. The number of guanidine groups is 1. The van der Waals surface area contributed by atoms with Crippen LogP contribution in [0.3, 0.4) is 0 Å². The van der Waals surface area contributed by atoms with Crippen molar-refractivity contribution in [1.29, 1.82) is 0 Å². The molecule has 0 radical (unpaired) electrons. The number of aryl methyl sites for hydroxylation is 1. The molecule has 128 valence electrons. The summed E-state index contributed by atoms with van der Waals surface area (Å²) in [5, 5.41) is 6.73. The van der Waals surface area contributed by atoms with E-state index >= 15 is 0 Å². The third kappa shape index (κ3) is 6.48. The Balaban J connectivity index is 1.86. The molecule has 0 heterocycles. The van der Waals surface area contributed by atoms with Crippen LogP contribution in [0.25, 0.3) is 0 Å². The van der Waals surface area contributed by atoms with Gasteiger partial charge in [0.15, 0.2) is 5.96 Å². The molecule has 1 fully saturated rings. The fourth-order valence-corrected chi connectivity index (χ4v) is 2.26. The van der Waals surface area contributed by atoms with Crippen molar-refractivity contribution in [2.45, 2.75) is 33.2 Å². The molecule has 1 saturated carbocycles. The molecule has 2 N–H and O–H groups in total. The number of nitrogens with zero attached hydrogens (tertiary/aromatic N) is 1. The SMILES string of the molecule is CCOCCOc1cc(C)ccc1CNC(=NC)NCC1CC1. The van der Waals surface area contributed by atoms with Crippen molar-refractivity contribution in [2.75, 3.05) is 33.4 Å². The quantitative estimate of drug-likeness (QED) is 0.417. The third-order valence-corrected chi connectivity index (χ3v) is 3.84. The van der Waals surface area contributed by atoms with Gasteiger partial charge in [0.2, 0.25) is 0 Å². The van der Waals surface area contributed by atoms with E-state index in [4.69, 9.17) is 9.47 Å². The minimum absolute atomic E-state index is 0.568. The molecule has 5 heteroatoms. The second-order valence-electron chi connectivity index (χ2n) is 5.91. The van der Waals surface area contributed by atoms with E-state index in [-0.39, 0.29) is 0 Å². The minimum atomic E-state index is 0.568. The predicted molar refractivity (Wildman–Crippen MR) is 94.1 cm³/mol. The van der Waals surface area contributed by atoms with Crippen LogP contribution < -0.4 is 15.4 Å². The Labute approximate surface area is 139 Å². The standard InChI is InChI=1S/C18H29N3O2/c1-4-22-9-10-23-17-11-14(2)5-8-16(17)13-21-18(19-3)20-12-15-6-7-15/h5,8,11,15H,4,6-7,9-10,12-13H2,1-3H3,(H2,19,20,21). The van der Waals surface area contributed by atoms with Crippen molar-refractivity contribution in [3.05, 3.63) is 29.3 Å². The van der Waals surface area contributed by atoms with Gasteiger partial charge in [-0.15, -0.1) is 0 Å². The van der Waals surface area contributed by atoms with Gasteiger partial charge in [0, 0.05) is 32.3 Å². The second-order valence-corrected chi connectivity index (χ2v) is 5.91. The van der Waals surface area contributed by atoms with Gasteiger partial charge in [-0.1, -0.05) is 12.1 Å². The zero-order chi connectivity index (χ0) is 16.5. The first kappa shape index (κ1) is 17.6. The van der Waals surface area contributed by atoms with Crippen LogP contribution in [0.2, 0.25) is 0 Å². The average molecular weight is 319 g/mol. The zero-order valence-corrected chi connectivity index (χ0v) is 14.5. The lowest BCUT2D eigenvalue weighted by molar-refractivity contribution is 0.110. The molecule has 1 aromatic carbocycles. The lowest BCUT2D eigenvalue weighted by atomic mass is 10.1. The monoisotopic (exact) mass is 319 g/mol. The van der Waals surface area contributed by atoms with Gasteiger partial charge in [0.25, 0.3) is 0 Å². The summed E-state index contributed by atoms with van der Waals surface area (Å²) in [5.74, 6) is 2.58. The van der Waals surface area contributed by atoms with E-state index in [0.29, 0.717) is 26.4 Å². The number of nitrogens with one attached hydrogen (secondary N) is 2. The van der Waals surface area contributed by atoms with Gasteiger partial charge in [-0.05, 0) is 44.2 Å².